The molecule has 1 aliphatic carbocycles. The van der Waals surface area contributed by atoms with Gasteiger partial charge in [0.2, 0.25) is 0 Å². The zero-order chi connectivity index (χ0) is 15.8. The van der Waals surface area contributed by atoms with Crippen molar-refractivity contribution in [3.63, 3.8) is 0 Å². The molecular formula is C17H23N5O. The third kappa shape index (κ3) is 2.61. The second kappa shape index (κ2) is 5.92. The van der Waals surface area contributed by atoms with Gasteiger partial charge in [-0.15, -0.1) is 0 Å². The van der Waals surface area contributed by atoms with Crippen molar-refractivity contribution < 1.29 is 4.79 Å². The molecule has 0 spiro atoms. The van der Waals surface area contributed by atoms with Crippen molar-refractivity contribution in [2.75, 3.05) is 26.2 Å². The van der Waals surface area contributed by atoms with Crippen molar-refractivity contribution in [3.8, 4) is 0 Å². The van der Waals surface area contributed by atoms with Crippen LogP contribution in [0.3, 0.4) is 0 Å². The molecule has 2 aliphatic rings. The van der Waals surface area contributed by atoms with E-state index < -0.39 is 0 Å². The maximum Gasteiger partial charge on any atom is 0.259 e. The Balaban J connectivity index is 1.50. The van der Waals surface area contributed by atoms with Gasteiger partial charge in [-0.1, -0.05) is 12.8 Å². The fourth-order valence-electron chi connectivity index (χ4n) is 3.96. The van der Waals surface area contributed by atoms with Crippen molar-refractivity contribution in [1.82, 2.24) is 24.4 Å². The Hall–Kier alpha value is -1.95. The Bertz CT molecular complexity index is 711. The summed E-state index contributed by atoms with van der Waals surface area (Å²) in [5.74, 6) is 0.0715. The first-order valence-corrected chi connectivity index (χ1v) is 8.57. The monoisotopic (exact) mass is 313 g/mol. The second-order valence-electron chi connectivity index (χ2n) is 6.61. The smallest absolute Gasteiger partial charge is 0.259 e. The number of amides is 1. The summed E-state index contributed by atoms with van der Waals surface area (Å²) in [5, 5.41) is 4.40. The van der Waals surface area contributed by atoms with E-state index in [-0.39, 0.29) is 5.91 Å². The molecule has 6 nitrogen and oxygen atoms in total. The van der Waals surface area contributed by atoms with Gasteiger partial charge >= 0.3 is 0 Å². The molecule has 4 rings (SSSR count). The van der Waals surface area contributed by atoms with Crippen LogP contribution >= 0.6 is 0 Å². The van der Waals surface area contributed by atoms with E-state index in [4.69, 9.17) is 0 Å². The van der Waals surface area contributed by atoms with Crippen molar-refractivity contribution >= 4 is 11.6 Å². The van der Waals surface area contributed by atoms with E-state index in [2.05, 4.69) is 15.0 Å². The van der Waals surface area contributed by atoms with Crippen molar-refractivity contribution in [3.05, 3.63) is 29.7 Å². The molecule has 3 heterocycles. The maximum absolute atomic E-state index is 12.9. The highest BCUT2D eigenvalue weighted by Gasteiger charge is 2.30. The van der Waals surface area contributed by atoms with Crippen LogP contribution in [0.25, 0.3) is 5.65 Å². The molecule has 1 aliphatic heterocycles. The Morgan fingerprint density at radius 2 is 1.91 bits per heavy atom. The molecule has 23 heavy (non-hydrogen) atoms. The first kappa shape index (κ1) is 14.6. The van der Waals surface area contributed by atoms with Gasteiger partial charge in [-0.25, -0.2) is 9.50 Å². The fourth-order valence-corrected chi connectivity index (χ4v) is 3.96. The van der Waals surface area contributed by atoms with Gasteiger partial charge in [-0.3, -0.25) is 9.69 Å². The molecule has 1 saturated heterocycles. The number of aryl methyl sites for hydroxylation is 1. The minimum Gasteiger partial charge on any atom is -0.336 e. The van der Waals surface area contributed by atoms with Crippen LogP contribution in [0.4, 0.5) is 0 Å². The summed E-state index contributed by atoms with van der Waals surface area (Å²) in [4.78, 5) is 21.8. The normalized spacial score (nSPS) is 20.5. The van der Waals surface area contributed by atoms with E-state index >= 15 is 0 Å². The standard InChI is InChI=1S/C17H23N5O/c1-13-15(16-18-7-4-8-22(16)19-13)17(23)21-11-9-20(10-12-21)14-5-2-3-6-14/h4,7-8,14H,2-3,5-6,9-12H2,1H3. The highest BCUT2D eigenvalue weighted by molar-refractivity contribution is 6.01. The minimum absolute atomic E-state index is 0.0715. The van der Waals surface area contributed by atoms with Crippen LogP contribution in [-0.4, -0.2) is 62.5 Å². The molecule has 0 aromatic carbocycles. The van der Waals surface area contributed by atoms with E-state index in [0.717, 1.165) is 37.9 Å². The van der Waals surface area contributed by atoms with E-state index in [0.29, 0.717) is 11.2 Å². The van der Waals surface area contributed by atoms with Crippen LogP contribution < -0.4 is 0 Å². The predicted octanol–water partition coefficient (Wildman–Crippen LogP) is 1.74. The molecular weight excluding hydrogens is 290 g/mol. The van der Waals surface area contributed by atoms with Crippen LogP contribution in [0.2, 0.25) is 0 Å². The summed E-state index contributed by atoms with van der Waals surface area (Å²) in [6.07, 6.45) is 8.92. The zero-order valence-electron chi connectivity index (χ0n) is 13.6. The van der Waals surface area contributed by atoms with Crippen LogP contribution in [0.15, 0.2) is 18.5 Å². The third-order valence-corrected chi connectivity index (χ3v) is 5.23. The number of hydrogen-bond acceptors (Lipinski definition) is 4. The molecule has 0 radical (unpaired) electrons. The molecule has 2 aromatic rings. The second-order valence-corrected chi connectivity index (χ2v) is 6.61. The summed E-state index contributed by atoms with van der Waals surface area (Å²) in [6.45, 7) is 5.47. The van der Waals surface area contributed by atoms with Gasteiger partial charge in [0.15, 0.2) is 5.65 Å². The van der Waals surface area contributed by atoms with Crippen LogP contribution in [0, 0.1) is 6.92 Å². The predicted molar refractivity (Wildman–Crippen MR) is 87.5 cm³/mol. The highest BCUT2D eigenvalue weighted by Crippen LogP contribution is 2.25. The van der Waals surface area contributed by atoms with E-state index in [1.165, 1.54) is 25.7 Å². The van der Waals surface area contributed by atoms with E-state index in [1.807, 2.05) is 24.1 Å². The Morgan fingerprint density at radius 1 is 1.17 bits per heavy atom. The van der Waals surface area contributed by atoms with Gasteiger partial charge in [0.1, 0.15) is 5.56 Å². The molecule has 2 aromatic heterocycles. The molecule has 0 atom stereocenters. The SMILES string of the molecule is Cc1nn2cccnc2c1C(=O)N1CCN(C2CCCC2)CC1. The number of nitrogens with zero attached hydrogens (tertiary/aromatic N) is 5. The topological polar surface area (TPSA) is 53.7 Å². The van der Waals surface area contributed by atoms with Gasteiger partial charge in [0, 0.05) is 44.6 Å². The molecule has 6 heteroatoms. The number of piperazine rings is 1. The summed E-state index contributed by atoms with van der Waals surface area (Å²) in [7, 11) is 0. The van der Waals surface area contributed by atoms with Gasteiger partial charge in [0.25, 0.3) is 5.91 Å². The Kier molecular flexibility index (Phi) is 3.77. The lowest BCUT2D eigenvalue weighted by Gasteiger charge is -2.38. The molecule has 122 valence electrons. The maximum atomic E-state index is 12.9. The highest BCUT2D eigenvalue weighted by atomic mass is 16.2. The lowest BCUT2D eigenvalue weighted by Crippen LogP contribution is -2.51. The Labute approximate surface area is 136 Å². The first-order valence-electron chi connectivity index (χ1n) is 8.57. The fraction of sp³-hybridized carbons (Fsp3) is 0.588. The Morgan fingerprint density at radius 3 is 2.65 bits per heavy atom. The van der Waals surface area contributed by atoms with Gasteiger partial charge < -0.3 is 4.90 Å². The zero-order valence-corrected chi connectivity index (χ0v) is 13.6. The summed E-state index contributed by atoms with van der Waals surface area (Å²) in [6, 6.07) is 2.57. The van der Waals surface area contributed by atoms with Crippen molar-refractivity contribution in [1.29, 1.82) is 0 Å². The van der Waals surface area contributed by atoms with Crippen molar-refractivity contribution in [2.24, 2.45) is 0 Å². The van der Waals surface area contributed by atoms with Crippen LogP contribution in [0.5, 0.6) is 0 Å². The summed E-state index contributed by atoms with van der Waals surface area (Å²) in [5.41, 5.74) is 2.07. The molecule has 2 fully saturated rings. The van der Waals surface area contributed by atoms with Crippen molar-refractivity contribution in [2.45, 2.75) is 38.6 Å². The number of rotatable bonds is 2. The van der Waals surface area contributed by atoms with Gasteiger partial charge in [-0.05, 0) is 25.8 Å². The average Bonchev–Trinajstić information content (AvgIpc) is 3.21. The average molecular weight is 313 g/mol. The van der Waals surface area contributed by atoms with E-state index in [9.17, 15) is 4.79 Å². The largest absolute Gasteiger partial charge is 0.336 e. The third-order valence-electron chi connectivity index (χ3n) is 5.23. The quantitative estimate of drug-likeness (QED) is 0.847. The number of carbonyl (C=O) groups is 1. The number of aromatic nitrogens is 3. The van der Waals surface area contributed by atoms with Gasteiger partial charge in [0.05, 0.1) is 5.69 Å². The van der Waals surface area contributed by atoms with Gasteiger partial charge in [-0.2, -0.15) is 5.10 Å². The van der Waals surface area contributed by atoms with Crippen LogP contribution in [0.1, 0.15) is 41.7 Å². The molecule has 0 bridgehead atoms. The number of hydrogen-bond donors (Lipinski definition) is 0. The number of carbonyl (C=O) groups excluding carboxylic acids is 1. The first-order chi connectivity index (χ1) is 11.2. The molecule has 0 unspecified atom stereocenters. The summed E-state index contributed by atoms with van der Waals surface area (Å²) >= 11 is 0. The van der Waals surface area contributed by atoms with E-state index in [1.54, 1.807) is 10.7 Å². The molecule has 0 N–H and O–H groups in total. The lowest BCUT2D eigenvalue weighted by molar-refractivity contribution is 0.0574. The molecule has 1 amide bonds. The lowest BCUT2D eigenvalue weighted by atomic mass is 10.1. The number of fused-ring (bicyclic) bond motifs is 1. The minimum atomic E-state index is 0.0715. The summed E-state index contributed by atoms with van der Waals surface area (Å²) < 4.78 is 1.69. The molecule has 1 saturated carbocycles. The van der Waals surface area contributed by atoms with Crippen LogP contribution in [-0.2, 0) is 0 Å².